The zero-order chi connectivity index (χ0) is 30.0. The van der Waals surface area contributed by atoms with E-state index in [2.05, 4.69) is 16.6 Å². The molecule has 8 heteroatoms. The number of para-hydroxylation sites is 1. The van der Waals surface area contributed by atoms with Gasteiger partial charge in [-0.25, -0.2) is 4.79 Å². The van der Waals surface area contributed by atoms with Crippen molar-refractivity contribution in [2.45, 2.75) is 51.8 Å². The zero-order valence-corrected chi connectivity index (χ0v) is 23.7. The molecule has 41 heavy (non-hydrogen) atoms. The van der Waals surface area contributed by atoms with Gasteiger partial charge in [0.15, 0.2) is 0 Å². The van der Waals surface area contributed by atoms with E-state index in [1.54, 1.807) is 57.2 Å². The van der Waals surface area contributed by atoms with E-state index < -0.39 is 42.1 Å². The lowest BCUT2D eigenvalue weighted by Gasteiger charge is -2.33. The number of terminal acetylenes is 1. The number of hydrogen-bond donors (Lipinski definition) is 2. The quantitative estimate of drug-likeness (QED) is 0.283. The number of alkyl carbamates (subject to hydrolysis) is 1. The number of aryl methyl sites for hydroxylation is 1. The maximum absolute atomic E-state index is 14.2. The predicted molar refractivity (Wildman–Crippen MR) is 158 cm³/mol. The zero-order valence-electron chi connectivity index (χ0n) is 23.7. The molecule has 0 saturated carbocycles. The molecular formula is C33H34N4O4. The number of benzene rings is 3. The average molecular weight is 551 g/mol. The van der Waals surface area contributed by atoms with Crippen LogP contribution in [0.5, 0.6) is 0 Å². The van der Waals surface area contributed by atoms with E-state index in [0.717, 1.165) is 16.0 Å². The Morgan fingerprint density at radius 3 is 2.24 bits per heavy atom. The fourth-order valence-corrected chi connectivity index (χ4v) is 4.30. The van der Waals surface area contributed by atoms with Crippen molar-refractivity contribution in [2.75, 3.05) is 11.9 Å². The maximum Gasteiger partial charge on any atom is 0.408 e. The van der Waals surface area contributed by atoms with E-state index >= 15 is 0 Å². The van der Waals surface area contributed by atoms with Gasteiger partial charge in [-0.05, 0) is 56.5 Å². The van der Waals surface area contributed by atoms with Gasteiger partial charge >= 0.3 is 6.09 Å². The molecule has 0 aliphatic heterocycles. The second kappa shape index (κ2) is 13.8. The summed E-state index contributed by atoms with van der Waals surface area (Å²) in [5.41, 5.74) is 2.10. The molecule has 2 unspecified atom stereocenters. The number of hydrogen-bond acceptors (Lipinski definition) is 5. The topological polar surface area (TPSA) is 112 Å². The third kappa shape index (κ3) is 8.45. The monoisotopic (exact) mass is 550 g/mol. The van der Waals surface area contributed by atoms with Crippen LogP contribution in [0.3, 0.4) is 0 Å². The summed E-state index contributed by atoms with van der Waals surface area (Å²) in [5.74, 6) is 1.38. The highest BCUT2D eigenvalue weighted by Crippen LogP contribution is 2.28. The van der Waals surface area contributed by atoms with Crippen LogP contribution in [0.2, 0.25) is 0 Å². The SMILES string of the molecule is C#Cc1ccccc1C(C(=O)Nc1ccccc1C)N(CC#N)C(=O)C(Cc1ccccc1)NC(=O)OC(C)(C)C. The molecule has 3 rings (SSSR count). The standard InChI is InChI=1S/C33H34N4O4/c1-6-25-17-11-12-18-26(25)29(30(38)35-27-19-13-10-14-23(27)2)37(21-20-34)31(39)28(22-24-15-8-7-9-16-24)36-32(40)41-33(3,4)5/h1,7-19,28-29H,21-22H2,2-5H3,(H,35,38)(H,36,40). The minimum Gasteiger partial charge on any atom is -0.444 e. The number of amides is 3. The highest BCUT2D eigenvalue weighted by Gasteiger charge is 2.37. The van der Waals surface area contributed by atoms with Crippen LogP contribution in [-0.4, -0.2) is 41.0 Å². The van der Waals surface area contributed by atoms with E-state index in [4.69, 9.17) is 11.2 Å². The molecule has 2 atom stereocenters. The fourth-order valence-electron chi connectivity index (χ4n) is 4.30. The van der Waals surface area contributed by atoms with Gasteiger partial charge in [0.25, 0.3) is 5.91 Å². The first-order valence-corrected chi connectivity index (χ1v) is 13.2. The molecule has 0 aliphatic carbocycles. The van der Waals surface area contributed by atoms with Crippen LogP contribution in [0, 0.1) is 30.6 Å². The van der Waals surface area contributed by atoms with Gasteiger partial charge in [-0.1, -0.05) is 72.7 Å². The summed E-state index contributed by atoms with van der Waals surface area (Å²) in [5, 5.41) is 15.4. The van der Waals surface area contributed by atoms with Crippen LogP contribution >= 0.6 is 0 Å². The summed E-state index contributed by atoms with van der Waals surface area (Å²) in [4.78, 5) is 42.2. The van der Waals surface area contributed by atoms with Crippen molar-refractivity contribution >= 4 is 23.6 Å². The van der Waals surface area contributed by atoms with Gasteiger partial charge < -0.3 is 20.3 Å². The molecule has 0 heterocycles. The molecule has 3 aromatic carbocycles. The Balaban J connectivity index is 2.09. The van der Waals surface area contributed by atoms with Crippen LogP contribution in [0.4, 0.5) is 10.5 Å². The molecule has 0 fully saturated rings. The Bertz CT molecular complexity index is 1460. The average Bonchev–Trinajstić information content (AvgIpc) is 2.93. The van der Waals surface area contributed by atoms with Crippen LogP contribution < -0.4 is 10.6 Å². The minimum atomic E-state index is -1.27. The fraction of sp³-hybridized carbons (Fsp3) is 0.273. The number of ether oxygens (including phenoxy) is 1. The van der Waals surface area contributed by atoms with Crippen LogP contribution in [0.25, 0.3) is 0 Å². The molecular weight excluding hydrogens is 516 g/mol. The lowest BCUT2D eigenvalue weighted by atomic mass is 9.96. The predicted octanol–water partition coefficient (Wildman–Crippen LogP) is 5.14. The Morgan fingerprint density at radius 2 is 1.61 bits per heavy atom. The van der Waals surface area contributed by atoms with E-state index in [1.165, 1.54) is 0 Å². The van der Waals surface area contributed by atoms with Crippen molar-refractivity contribution in [1.82, 2.24) is 10.2 Å². The second-order valence-corrected chi connectivity index (χ2v) is 10.5. The lowest BCUT2D eigenvalue weighted by molar-refractivity contribution is -0.140. The van der Waals surface area contributed by atoms with Gasteiger partial charge in [0.2, 0.25) is 5.91 Å². The first-order valence-electron chi connectivity index (χ1n) is 13.2. The van der Waals surface area contributed by atoms with Crippen molar-refractivity contribution in [3.8, 4) is 18.4 Å². The van der Waals surface area contributed by atoms with Gasteiger partial charge in [-0.3, -0.25) is 9.59 Å². The molecule has 2 N–H and O–H groups in total. The molecule has 0 spiro atoms. The molecule has 3 aromatic rings. The van der Waals surface area contributed by atoms with Crippen LogP contribution in [0.1, 0.15) is 49.1 Å². The van der Waals surface area contributed by atoms with Crippen molar-refractivity contribution in [3.63, 3.8) is 0 Å². The van der Waals surface area contributed by atoms with Gasteiger partial charge in [0, 0.05) is 17.7 Å². The van der Waals surface area contributed by atoms with Gasteiger partial charge in [-0.2, -0.15) is 5.26 Å². The lowest BCUT2D eigenvalue weighted by Crippen LogP contribution is -2.53. The normalized spacial score (nSPS) is 12.1. The van der Waals surface area contributed by atoms with Gasteiger partial charge in [0.05, 0.1) is 6.07 Å². The van der Waals surface area contributed by atoms with Crippen molar-refractivity contribution < 1.29 is 19.1 Å². The number of nitrogens with one attached hydrogen (secondary N) is 2. The summed E-state index contributed by atoms with van der Waals surface area (Å²) in [6.07, 6.45) is 5.08. The van der Waals surface area contributed by atoms with E-state index in [1.807, 2.05) is 55.5 Å². The van der Waals surface area contributed by atoms with Gasteiger partial charge in [-0.15, -0.1) is 6.42 Å². The molecule has 3 amide bonds. The summed E-state index contributed by atoms with van der Waals surface area (Å²) in [7, 11) is 0. The number of nitriles is 1. The maximum atomic E-state index is 14.2. The first kappa shape index (κ1) is 30.5. The minimum absolute atomic E-state index is 0.101. The molecule has 0 aliphatic rings. The number of rotatable bonds is 9. The first-order chi connectivity index (χ1) is 19.5. The molecule has 210 valence electrons. The van der Waals surface area contributed by atoms with Crippen molar-refractivity contribution in [3.05, 3.63) is 101 Å². The number of anilines is 1. The Hall–Kier alpha value is -5.08. The molecule has 0 bridgehead atoms. The summed E-state index contributed by atoms with van der Waals surface area (Å²) in [6, 6.07) is 22.7. The molecule has 0 radical (unpaired) electrons. The Kier molecular flexibility index (Phi) is 10.3. The highest BCUT2D eigenvalue weighted by atomic mass is 16.6. The molecule has 8 nitrogen and oxygen atoms in total. The van der Waals surface area contributed by atoms with E-state index in [9.17, 15) is 19.6 Å². The highest BCUT2D eigenvalue weighted by molar-refractivity contribution is 6.00. The van der Waals surface area contributed by atoms with Gasteiger partial charge in [0.1, 0.15) is 24.2 Å². The number of carbonyl (C=O) groups excluding carboxylic acids is 3. The van der Waals surface area contributed by atoms with Crippen LogP contribution in [0.15, 0.2) is 78.9 Å². The molecule has 0 saturated heterocycles. The largest absolute Gasteiger partial charge is 0.444 e. The Morgan fingerprint density at radius 1 is 0.976 bits per heavy atom. The summed E-state index contributed by atoms with van der Waals surface area (Å²) >= 11 is 0. The van der Waals surface area contributed by atoms with E-state index in [0.29, 0.717) is 16.8 Å². The summed E-state index contributed by atoms with van der Waals surface area (Å²) < 4.78 is 5.43. The summed E-state index contributed by atoms with van der Waals surface area (Å²) in [6.45, 7) is 6.55. The second-order valence-electron chi connectivity index (χ2n) is 10.5. The third-order valence-electron chi connectivity index (χ3n) is 6.17. The molecule has 0 aromatic heterocycles. The van der Waals surface area contributed by atoms with Crippen molar-refractivity contribution in [2.24, 2.45) is 0 Å². The Labute approximate surface area is 241 Å². The van der Waals surface area contributed by atoms with E-state index in [-0.39, 0.29) is 6.42 Å². The van der Waals surface area contributed by atoms with Crippen LogP contribution in [-0.2, 0) is 20.7 Å². The smallest absolute Gasteiger partial charge is 0.408 e. The van der Waals surface area contributed by atoms with Crippen molar-refractivity contribution in [1.29, 1.82) is 5.26 Å². The third-order valence-corrected chi connectivity index (χ3v) is 6.17. The number of carbonyl (C=O) groups is 3. The number of nitrogens with zero attached hydrogens (tertiary/aromatic N) is 2.